The van der Waals surface area contributed by atoms with E-state index in [4.69, 9.17) is 0 Å². The van der Waals surface area contributed by atoms with Gasteiger partial charge in [-0.15, -0.1) is 0 Å². The molecule has 2 heterocycles. The van der Waals surface area contributed by atoms with Gasteiger partial charge in [0.15, 0.2) is 11.5 Å². The van der Waals surface area contributed by atoms with Gasteiger partial charge >= 0.3 is 0 Å². The second-order valence-electron chi connectivity index (χ2n) is 5.55. The fourth-order valence-corrected chi connectivity index (χ4v) is 3.88. The number of rotatable bonds is 5. The van der Waals surface area contributed by atoms with Crippen LogP contribution in [0, 0.1) is 0 Å². The Morgan fingerprint density at radius 1 is 1.29 bits per heavy atom. The Morgan fingerprint density at radius 3 is 2.81 bits per heavy atom. The van der Waals surface area contributed by atoms with Gasteiger partial charge in [-0.2, -0.15) is 21.7 Å². The van der Waals surface area contributed by atoms with Crippen LogP contribution in [0.1, 0.15) is 32.1 Å². The lowest BCUT2D eigenvalue weighted by molar-refractivity contribution is 0.411. The first-order valence-electron chi connectivity index (χ1n) is 7.44. The zero-order valence-corrected chi connectivity index (χ0v) is 13.4. The molecule has 1 fully saturated rings. The van der Waals surface area contributed by atoms with E-state index in [2.05, 4.69) is 36.8 Å². The molecule has 2 aromatic heterocycles. The third-order valence-corrected chi connectivity index (χ3v) is 5.70. The number of thioether (sulfide) groups is 1. The van der Waals surface area contributed by atoms with Crippen LogP contribution in [0.5, 0.6) is 0 Å². The summed E-state index contributed by atoms with van der Waals surface area (Å²) in [6, 6.07) is 0. The highest BCUT2D eigenvalue weighted by Crippen LogP contribution is 2.38. The molecule has 6 nitrogen and oxygen atoms in total. The van der Waals surface area contributed by atoms with Gasteiger partial charge in [-0.1, -0.05) is 19.3 Å². The minimum absolute atomic E-state index is 0.329. The molecule has 0 unspecified atom stereocenters. The summed E-state index contributed by atoms with van der Waals surface area (Å²) >= 11 is 1.98. The monoisotopic (exact) mass is 306 g/mol. The average molecular weight is 306 g/mol. The SMILES string of the molecule is CNc1nc(NCC2(SC)CCCCC2)c2[nH]cnc2n1. The lowest BCUT2D eigenvalue weighted by Gasteiger charge is -2.36. The van der Waals surface area contributed by atoms with E-state index in [1.165, 1.54) is 32.1 Å². The van der Waals surface area contributed by atoms with Crippen LogP contribution in [0.2, 0.25) is 0 Å². The first-order valence-corrected chi connectivity index (χ1v) is 8.67. The molecule has 2 aromatic rings. The van der Waals surface area contributed by atoms with Crippen LogP contribution >= 0.6 is 11.8 Å². The predicted molar refractivity (Wildman–Crippen MR) is 89.1 cm³/mol. The third-order valence-electron chi connectivity index (χ3n) is 4.29. The molecule has 0 aromatic carbocycles. The van der Waals surface area contributed by atoms with Crippen LogP contribution in [0.3, 0.4) is 0 Å². The number of imidazole rings is 1. The van der Waals surface area contributed by atoms with E-state index < -0.39 is 0 Å². The molecular formula is C14H22N6S. The maximum absolute atomic E-state index is 4.53. The largest absolute Gasteiger partial charge is 0.367 e. The highest BCUT2D eigenvalue weighted by Gasteiger charge is 2.31. The number of aromatic nitrogens is 4. The van der Waals surface area contributed by atoms with Crippen molar-refractivity contribution < 1.29 is 0 Å². The van der Waals surface area contributed by atoms with Crippen molar-refractivity contribution in [2.45, 2.75) is 36.9 Å². The molecule has 0 amide bonds. The van der Waals surface area contributed by atoms with Gasteiger partial charge in [-0.25, -0.2) is 4.98 Å². The minimum atomic E-state index is 0.329. The molecule has 3 N–H and O–H groups in total. The van der Waals surface area contributed by atoms with Crippen molar-refractivity contribution in [1.82, 2.24) is 19.9 Å². The maximum Gasteiger partial charge on any atom is 0.226 e. The van der Waals surface area contributed by atoms with Crippen molar-refractivity contribution >= 4 is 34.7 Å². The number of aromatic amines is 1. The molecule has 21 heavy (non-hydrogen) atoms. The second-order valence-corrected chi connectivity index (χ2v) is 6.82. The Bertz CT molecular complexity index is 605. The molecule has 0 bridgehead atoms. The van der Waals surface area contributed by atoms with Gasteiger partial charge in [0.2, 0.25) is 5.95 Å². The summed E-state index contributed by atoms with van der Waals surface area (Å²) in [5, 5.41) is 6.52. The average Bonchev–Trinajstić information content (AvgIpc) is 3.02. The van der Waals surface area contributed by atoms with Gasteiger partial charge in [-0.3, -0.25) is 0 Å². The smallest absolute Gasteiger partial charge is 0.226 e. The molecule has 1 aliphatic rings. The van der Waals surface area contributed by atoms with Crippen molar-refractivity contribution in [1.29, 1.82) is 0 Å². The summed E-state index contributed by atoms with van der Waals surface area (Å²) in [7, 11) is 1.82. The van der Waals surface area contributed by atoms with Crippen LogP contribution in [-0.2, 0) is 0 Å². The quantitative estimate of drug-likeness (QED) is 0.788. The van der Waals surface area contributed by atoms with E-state index in [0.717, 1.165) is 17.9 Å². The van der Waals surface area contributed by atoms with Crippen LogP contribution in [-0.4, -0.2) is 44.5 Å². The second kappa shape index (κ2) is 6.09. The molecule has 0 spiro atoms. The van der Waals surface area contributed by atoms with Crippen molar-refractivity contribution in [2.75, 3.05) is 30.5 Å². The first kappa shape index (κ1) is 14.4. The van der Waals surface area contributed by atoms with Gasteiger partial charge in [0, 0.05) is 18.3 Å². The summed E-state index contributed by atoms with van der Waals surface area (Å²) < 4.78 is 0.329. The highest BCUT2D eigenvalue weighted by atomic mass is 32.2. The summed E-state index contributed by atoms with van der Waals surface area (Å²) in [5.41, 5.74) is 1.57. The molecule has 1 aliphatic carbocycles. The number of hydrogen-bond acceptors (Lipinski definition) is 6. The highest BCUT2D eigenvalue weighted by molar-refractivity contribution is 8.00. The summed E-state index contributed by atoms with van der Waals surface area (Å²) in [6.45, 7) is 0.933. The fraction of sp³-hybridized carbons (Fsp3) is 0.643. The Balaban J connectivity index is 1.82. The Kier molecular flexibility index (Phi) is 4.19. The van der Waals surface area contributed by atoms with Crippen LogP contribution in [0.25, 0.3) is 11.2 Å². The molecule has 0 aliphatic heterocycles. The van der Waals surface area contributed by atoms with E-state index in [1.54, 1.807) is 6.33 Å². The molecule has 0 radical (unpaired) electrons. The molecule has 3 rings (SSSR count). The number of anilines is 2. The standard InChI is InChI=1S/C14H22N6S/c1-15-13-19-11(10-12(20-13)18-9-17-10)16-8-14(21-2)6-4-3-5-7-14/h9H,3-8H2,1-2H3,(H3,15,16,17,18,19,20). The van der Waals surface area contributed by atoms with Crippen LogP contribution in [0.4, 0.5) is 11.8 Å². The van der Waals surface area contributed by atoms with Gasteiger partial charge in [-0.05, 0) is 19.1 Å². The molecular weight excluding hydrogens is 284 g/mol. The number of nitrogens with zero attached hydrogens (tertiary/aromatic N) is 3. The van der Waals surface area contributed by atoms with E-state index in [-0.39, 0.29) is 0 Å². The van der Waals surface area contributed by atoms with Crippen LogP contribution < -0.4 is 10.6 Å². The Hall–Kier alpha value is -1.50. The van der Waals surface area contributed by atoms with E-state index in [1.807, 2.05) is 18.8 Å². The maximum atomic E-state index is 4.53. The van der Waals surface area contributed by atoms with E-state index in [0.29, 0.717) is 16.3 Å². The van der Waals surface area contributed by atoms with Gasteiger partial charge < -0.3 is 15.6 Å². The normalized spacial score (nSPS) is 17.8. The fourth-order valence-electron chi connectivity index (χ4n) is 2.97. The van der Waals surface area contributed by atoms with Gasteiger partial charge in [0.1, 0.15) is 5.52 Å². The lowest BCUT2D eigenvalue weighted by atomic mass is 9.88. The summed E-state index contributed by atoms with van der Waals surface area (Å²) in [5.74, 6) is 1.43. The number of H-pyrrole nitrogens is 1. The van der Waals surface area contributed by atoms with E-state index >= 15 is 0 Å². The lowest BCUT2D eigenvalue weighted by Crippen LogP contribution is -2.35. The predicted octanol–water partition coefficient (Wildman–Crippen LogP) is 2.87. The Morgan fingerprint density at radius 2 is 2.10 bits per heavy atom. The van der Waals surface area contributed by atoms with Crippen molar-refractivity contribution in [3.8, 4) is 0 Å². The van der Waals surface area contributed by atoms with Crippen molar-refractivity contribution in [3.63, 3.8) is 0 Å². The molecule has 7 heteroatoms. The molecule has 1 saturated carbocycles. The summed E-state index contributed by atoms with van der Waals surface area (Å²) in [4.78, 5) is 16.2. The van der Waals surface area contributed by atoms with Crippen LogP contribution in [0.15, 0.2) is 6.33 Å². The molecule has 114 valence electrons. The molecule has 0 atom stereocenters. The zero-order chi connectivity index (χ0) is 14.7. The summed E-state index contributed by atoms with van der Waals surface area (Å²) in [6.07, 6.45) is 10.5. The van der Waals surface area contributed by atoms with Gasteiger partial charge in [0.05, 0.1) is 6.33 Å². The van der Waals surface area contributed by atoms with Crippen molar-refractivity contribution in [3.05, 3.63) is 6.33 Å². The van der Waals surface area contributed by atoms with E-state index in [9.17, 15) is 0 Å². The number of nitrogens with one attached hydrogen (secondary N) is 3. The minimum Gasteiger partial charge on any atom is -0.367 e. The third kappa shape index (κ3) is 2.92. The number of fused-ring (bicyclic) bond motifs is 1. The first-order chi connectivity index (χ1) is 10.3. The Labute approximate surface area is 128 Å². The topological polar surface area (TPSA) is 78.5 Å². The zero-order valence-electron chi connectivity index (χ0n) is 12.6. The van der Waals surface area contributed by atoms with Crippen molar-refractivity contribution in [2.24, 2.45) is 0 Å². The van der Waals surface area contributed by atoms with Gasteiger partial charge in [0.25, 0.3) is 0 Å². The molecule has 0 saturated heterocycles. The number of hydrogen-bond donors (Lipinski definition) is 3.